The first-order valence-corrected chi connectivity index (χ1v) is 5.83. The second-order valence-electron chi connectivity index (χ2n) is 4.02. The largest absolute Gasteiger partial charge is 0.494 e. The number of hydrogen-bond acceptors (Lipinski definition) is 4. The van der Waals surface area contributed by atoms with Crippen molar-refractivity contribution in [3.8, 4) is 5.88 Å². The molecular weight excluding hydrogens is 248 g/mol. The molecule has 19 heavy (non-hydrogen) atoms. The SMILES string of the molecule is O=c1[nH]c(O)c(CCOCc2ccccc2)c(=O)[nH]1. The van der Waals surface area contributed by atoms with Crippen LogP contribution in [0, 0.1) is 0 Å². The molecule has 0 amide bonds. The molecule has 6 nitrogen and oxygen atoms in total. The molecule has 0 aliphatic carbocycles. The Morgan fingerprint density at radius 1 is 1.11 bits per heavy atom. The third-order valence-electron chi connectivity index (χ3n) is 2.63. The summed E-state index contributed by atoms with van der Waals surface area (Å²) in [6, 6.07) is 9.62. The Hall–Kier alpha value is -2.34. The highest BCUT2D eigenvalue weighted by molar-refractivity contribution is 5.20. The molecular formula is C13H14N2O4. The standard InChI is InChI=1S/C13H14N2O4/c16-11-10(12(17)15-13(18)14-11)6-7-19-8-9-4-2-1-3-5-9/h1-5H,6-8H2,(H3,14,15,16,17,18). The molecule has 2 aromatic rings. The monoisotopic (exact) mass is 262 g/mol. The van der Waals surface area contributed by atoms with Crippen molar-refractivity contribution in [1.82, 2.24) is 9.97 Å². The van der Waals surface area contributed by atoms with Crippen molar-refractivity contribution in [2.45, 2.75) is 13.0 Å². The van der Waals surface area contributed by atoms with Crippen molar-refractivity contribution in [3.05, 3.63) is 62.3 Å². The van der Waals surface area contributed by atoms with Gasteiger partial charge < -0.3 is 9.84 Å². The number of benzene rings is 1. The molecule has 0 spiro atoms. The second-order valence-corrected chi connectivity index (χ2v) is 4.02. The first kappa shape index (κ1) is 13.1. The molecule has 1 aromatic carbocycles. The second kappa shape index (κ2) is 6.01. The number of nitrogens with one attached hydrogen (secondary N) is 2. The van der Waals surface area contributed by atoms with Crippen LogP contribution in [0.25, 0.3) is 0 Å². The maximum absolute atomic E-state index is 11.4. The van der Waals surface area contributed by atoms with Crippen LogP contribution in [-0.2, 0) is 17.8 Å². The Kier molecular flexibility index (Phi) is 4.15. The van der Waals surface area contributed by atoms with E-state index < -0.39 is 17.1 Å². The molecule has 0 fully saturated rings. The fraction of sp³-hybridized carbons (Fsp3) is 0.231. The first-order chi connectivity index (χ1) is 9.16. The van der Waals surface area contributed by atoms with Gasteiger partial charge in [-0.15, -0.1) is 0 Å². The summed E-state index contributed by atoms with van der Waals surface area (Å²) in [6.07, 6.45) is 0.227. The van der Waals surface area contributed by atoms with E-state index in [1.165, 1.54) is 0 Å². The highest BCUT2D eigenvalue weighted by atomic mass is 16.5. The molecule has 0 atom stereocenters. The van der Waals surface area contributed by atoms with Crippen molar-refractivity contribution >= 4 is 0 Å². The van der Waals surface area contributed by atoms with Crippen LogP contribution in [-0.4, -0.2) is 21.7 Å². The van der Waals surface area contributed by atoms with Crippen molar-refractivity contribution in [2.24, 2.45) is 0 Å². The van der Waals surface area contributed by atoms with Crippen molar-refractivity contribution in [3.63, 3.8) is 0 Å². The Morgan fingerprint density at radius 3 is 2.53 bits per heavy atom. The highest BCUT2D eigenvalue weighted by Gasteiger charge is 2.07. The van der Waals surface area contributed by atoms with E-state index in [1.807, 2.05) is 30.3 Å². The molecule has 2 rings (SSSR count). The van der Waals surface area contributed by atoms with Gasteiger partial charge in [0, 0.05) is 6.42 Å². The number of rotatable bonds is 5. The Balaban J connectivity index is 1.90. The van der Waals surface area contributed by atoms with Gasteiger partial charge in [0.15, 0.2) is 0 Å². The predicted molar refractivity (Wildman–Crippen MR) is 69.2 cm³/mol. The van der Waals surface area contributed by atoms with Crippen molar-refractivity contribution in [1.29, 1.82) is 0 Å². The Bertz CT molecular complexity index is 646. The molecule has 0 saturated heterocycles. The van der Waals surface area contributed by atoms with Crippen LogP contribution in [0.2, 0.25) is 0 Å². The molecule has 1 aromatic heterocycles. The lowest BCUT2D eigenvalue weighted by molar-refractivity contribution is 0.123. The quantitative estimate of drug-likeness (QED) is 0.685. The summed E-state index contributed by atoms with van der Waals surface area (Å²) in [6.45, 7) is 0.709. The van der Waals surface area contributed by atoms with Gasteiger partial charge >= 0.3 is 5.69 Å². The predicted octanol–water partition coefficient (Wildman–Crippen LogP) is 0.528. The van der Waals surface area contributed by atoms with E-state index in [-0.39, 0.29) is 18.6 Å². The molecule has 100 valence electrons. The van der Waals surface area contributed by atoms with E-state index in [2.05, 4.69) is 9.97 Å². The smallest absolute Gasteiger partial charge is 0.328 e. The number of H-pyrrole nitrogens is 2. The van der Waals surface area contributed by atoms with E-state index in [0.29, 0.717) is 6.61 Å². The lowest BCUT2D eigenvalue weighted by atomic mass is 10.2. The third-order valence-corrected chi connectivity index (χ3v) is 2.63. The minimum absolute atomic E-state index is 0.118. The lowest BCUT2D eigenvalue weighted by Gasteiger charge is -2.05. The van der Waals surface area contributed by atoms with Gasteiger partial charge in [-0.05, 0) is 5.56 Å². The van der Waals surface area contributed by atoms with Crippen LogP contribution in [0.4, 0.5) is 0 Å². The van der Waals surface area contributed by atoms with Gasteiger partial charge in [0.1, 0.15) is 0 Å². The average molecular weight is 262 g/mol. The summed E-state index contributed by atoms with van der Waals surface area (Å²) < 4.78 is 5.41. The molecule has 0 saturated carbocycles. The minimum Gasteiger partial charge on any atom is -0.494 e. The normalized spacial score (nSPS) is 10.5. The Labute approximate surface area is 108 Å². The summed E-state index contributed by atoms with van der Waals surface area (Å²) in [5.41, 5.74) is -0.171. The van der Waals surface area contributed by atoms with Crippen molar-refractivity contribution in [2.75, 3.05) is 6.61 Å². The first-order valence-electron chi connectivity index (χ1n) is 5.83. The number of aromatic hydroxyl groups is 1. The van der Waals surface area contributed by atoms with Crippen LogP contribution < -0.4 is 11.2 Å². The minimum atomic E-state index is -0.726. The average Bonchev–Trinajstić information content (AvgIpc) is 2.38. The van der Waals surface area contributed by atoms with Crippen LogP contribution in [0.3, 0.4) is 0 Å². The molecule has 0 bridgehead atoms. The lowest BCUT2D eigenvalue weighted by Crippen LogP contribution is -2.25. The molecule has 1 heterocycles. The van der Waals surface area contributed by atoms with Gasteiger partial charge in [-0.3, -0.25) is 14.8 Å². The van der Waals surface area contributed by atoms with Gasteiger partial charge in [-0.25, -0.2) is 4.79 Å². The van der Waals surface area contributed by atoms with E-state index in [0.717, 1.165) is 5.56 Å². The van der Waals surface area contributed by atoms with Gasteiger partial charge in [0.2, 0.25) is 5.88 Å². The van der Waals surface area contributed by atoms with E-state index in [9.17, 15) is 14.7 Å². The van der Waals surface area contributed by atoms with Crippen molar-refractivity contribution < 1.29 is 9.84 Å². The zero-order chi connectivity index (χ0) is 13.7. The fourth-order valence-electron chi connectivity index (χ4n) is 1.67. The number of ether oxygens (including phenoxy) is 1. The topological polar surface area (TPSA) is 95.2 Å². The third kappa shape index (κ3) is 3.56. The molecule has 0 aliphatic heterocycles. The maximum atomic E-state index is 11.4. The summed E-state index contributed by atoms with van der Waals surface area (Å²) in [5.74, 6) is -0.405. The van der Waals surface area contributed by atoms with Gasteiger partial charge in [0.25, 0.3) is 5.56 Å². The zero-order valence-corrected chi connectivity index (χ0v) is 10.2. The molecule has 0 unspecified atom stereocenters. The van der Waals surface area contributed by atoms with Crippen LogP contribution in [0.1, 0.15) is 11.1 Å². The fourth-order valence-corrected chi connectivity index (χ4v) is 1.67. The summed E-state index contributed by atoms with van der Waals surface area (Å²) in [5, 5.41) is 9.46. The molecule has 0 aliphatic rings. The zero-order valence-electron chi connectivity index (χ0n) is 10.2. The number of hydrogen-bond donors (Lipinski definition) is 3. The van der Waals surface area contributed by atoms with Gasteiger partial charge in [-0.2, -0.15) is 0 Å². The molecule has 0 radical (unpaired) electrons. The summed E-state index contributed by atoms with van der Waals surface area (Å²) >= 11 is 0. The molecule has 6 heteroatoms. The van der Waals surface area contributed by atoms with E-state index in [4.69, 9.17) is 4.74 Å². The van der Waals surface area contributed by atoms with Crippen LogP contribution in [0.5, 0.6) is 5.88 Å². The van der Waals surface area contributed by atoms with E-state index >= 15 is 0 Å². The van der Waals surface area contributed by atoms with Gasteiger partial charge in [-0.1, -0.05) is 30.3 Å². The van der Waals surface area contributed by atoms with Gasteiger partial charge in [0.05, 0.1) is 18.8 Å². The van der Waals surface area contributed by atoms with Crippen LogP contribution in [0.15, 0.2) is 39.9 Å². The number of aromatic nitrogens is 2. The van der Waals surface area contributed by atoms with Crippen LogP contribution >= 0.6 is 0 Å². The summed E-state index contributed by atoms with van der Waals surface area (Å²) in [4.78, 5) is 26.5. The number of aromatic amines is 2. The molecule has 3 N–H and O–H groups in total. The summed E-state index contributed by atoms with van der Waals surface area (Å²) in [7, 11) is 0. The maximum Gasteiger partial charge on any atom is 0.328 e. The van der Waals surface area contributed by atoms with E-state index in [1.54, 1.807) is 0 Å². The Morgan fingerprint density at radius 2 is 1.84 bits per heavy atom. The highest BCUT2D eigenvalue weighted by Crippen LogP contribution is 2.06.